The highest BCUT2D eigenvalue weighted by Crippen LogP contribution is 2.38. The van der Waals surface area contributed by atoms with Crippen LogP contribution in [0.25, 0.3) is 22.2 Å². The van der Waals surface area contributed by atoms with E-state index < -0.39 is 0 Å². The molecule has 5 nitrogen and oxygen atoms in total. The van der Waals surface area contributed by atoms with Gasteiger partial charge < -0.3 is 15.0 Å². The Hall–Kier alpha value is -2.82. The third-order valence-electron chi connectivity index (χ3n) is 3.67. The molecule has 1 aromatic carbocycles. The number of ether oxygens (including phenoxy) is 1. The van der Waals surface area contributed by atoms with Gasteiger partial charge in [-0.2, -0.15) is 0 Å². The van der Waals surface area contributed by atoms with Gasteiger partial charge in [-0.25, -0.2) is 4.98 Å². The summed E-state index contributed by atoms with van der Waals surface area (Å²) in [7, 11) is 1.60. The fourth-order valence-electron chi connectivity index (χ4n) is 2.66. The van der Waals surface area contributed by atoms with Crippen LogP contribution in [0.2, 0.25) is 0 Å². The Kier molecular flexibility index (Phi) is 4.02. The monoisotopic (exact) mass is 309 g/mol. The van der Waals surface area contributed by atoms with Gasteiger partial charge in [0.1, 0.15) is 17.7 Å². The minimum atomic E-state index is 0.273. The molecule has 5 heteroatoms. The van der Waals surface area contributed by atoms with Gasteiger partial charge in [-0.15, -0.1) is 0 Å². The number of aromatic nitrogens is 2. The molecule has 3 aromatic rings. The molecule has 23 heavy (non-hydrogen) atoms. The van der Waals surface area contributed by atoms with Crippen LogP contribution >= 0.6 is 0 Å². The first-order valence-electron chi connectivity index (χ1n) is 7.50. The highest BCUT2D eigenvalue weighted by atomic mass is 16.5. The summed E-state index contributed by atoms with van der Waals surface area (Å²) in [6, 6.07) is 7.69. The lowest BCUT2D eigenvalue weighted by atomic mass is 10.0. The summed E-state index contributed by atoms with van der Waals surface area (Å²) < 4.78 is 5.47. The zero-order valence-corrected chi connectivity index (χ0v) is 13.4. The molecule has 0 aliphatic rings. The first-order valence-corrected chi connectivity index (χ1v) is 7.50. The summed E-state index contributed by atoms with van der Waals surface area (Å²) in [4.78, 5) is 18.6. The van der Waals surface area contributed by atoms with Gasteiger partial charge in [0.05, 0.1) is 12.8 Å². The maximum atomic E-state index is 11.0. The maximum absolute atomic E-state index is 11.0. The van der Waals surface area contributed by atoms with Gasteiger partial charge in [0.15, 0.2) is 0 Å². The first kappa shape index (κ1) is 15.1. The number of aldehydes is 1. The molecule has 0 aliphatic heterocycles. The van der Waals surface area contributed by atoms with Crippen LogP contribution in [0.5, 0.6) is 5.75 Å². The Morgan fingerprint density at radius 2 is 2.09 bits per heavy atom. The van der Waals surface area contributed by atoms with Crippen molar-refractivity contribution in [1.82, 2.24) is 9.97 Å². The number of rotatable bonds is 5. The molecule has 0 aliphatic carbocycles. The SMILES string of the molecule is COc1cc(C=O)ccc1-c1cnc2[nH]ccc2c1NC(C)C. The fraction of sp³-hybridized carbons (Fsp3) is 0.222. The number of benzene rings is 1. The number of H-pyrrole nitrogens is 1. The Morgan fingerprint density at radius 3 is 2.78 bits per heavy atom. The van der Waals surface area contributed by atoms with Crippen molar-refractivity contribution in [2.75, 3.05) is 12.4 Å². The van der Waals surface area contributed by atoms with Crippen LogP contribution in [-0.2, 0) is 0 Å². The van der Waals surface area contributed by atoms with Crippen molar-refractivity contribution < 1.29 is 9.53 Å². The summed E-state index contributed by atoms with van der Waals surface area (Å²) in [6.45, 7) is 4.19. The summed E-state index contributed by atoms with van der Waals surface area (Å²) in [5.41, 5.74) is 4.26. The number of methoxy groups -OCH3 is 1. The molecule has 3 rings (SSSR count). The quantitative estimate of drug-likeness (QED) is 0.702. The van der Waals surface area contributed by atoms with E-state index in [9.17, 15) is 4.79 Å². The molecule has 0 bridgehead atoms. The third kappa shape index (κ3) is 2.77. The van der Waals surface area contributed by atoms with Crippen molar-refractivity contribution in [3.8, 4) is 16.9 Å². The second kappa shape index (κ2) is 6.12. The van der Waals surface area contributed by atoms with Gasteiger partial charge in [0, 0.05) is 40.5 Å². The van der Waals surface area contributed by atoms with Gasteiger partial charge in [-0.05, 0) is 32.0 Å². The van der Waals surface area contributed by atoms with Gasteiger partial charge in [0.2, 0.25) is 0 Å². The van der Waals surface area contributed by atoms with Gasteiger partial charge in [-0.1, -0.05) is 6.07 Å². The van der Waals surface area contributed by atoms with Crippen molar-refractivity contribution in [3.05, 3.63) is 42.2 Å². The molecule has 118 valence electrons. The number of carbonyl (C=O) groups is 1. The van der Waals surface area contributed by atoms with Crippen LogP contribution in [0.4, 0.5) is 5.69 Å². The third-order valence-corrected chi connectivity index (χ3v) is 3.67. The number of anilines is 1. The van der Waals surface area contributed by atoms with E-state index >= 15 is 0 Å². The predicted octanol–water partition coefficient (Wildman–Crippen LogP) is 3.87. The first-order chi connectivity index (χ1) is 11.1. The average Bonchev–Trinajstić information content (AvgIpc) is 3.03. The topological polar surface area (TPSA) is 67.0 Å². The Labute approximate surface area is 134 Å². The second-order valence-corrected chi connectivity index (χ2v) is 5.66. The molecule has 0 spiro atoms. The number of pyridine rings is 1. The highest BCUT2D eigenvalue weighted by molar-refractivity contribution is 5.99. The van der Waals surface area contributed by atoms with Crippen LogP contribution in [-0.4, -0.2) is 29.4 Å². The normalized spacial score (nSPS) is 11.0. The van der Waals surface area contributed by atoms with Crippen LogP contribution in [0.3, 0.4) is 0 Å². The molecule has 0 unspecified atom stereocenters. The average molecular weight is 309 g/mol. The zero-order chi connectivity index (χ0) is 16.4. The van der Waals surface area contributed by atoms with E-state index in [0.29, 0.717) is 11.3 Å². The van der Waals surface area contributed by atoms with Gasteiger partial charge in [0.25, 0.3) is 0 Å². The molecule has 0 saturated heterocycles. The van der Waals surface area contributed by atoms with E-state index in [4.69, 9.17) is 4.74 Å². The zero-order valence-electron chi connectivity index (χ0n) is 13.4. The molecular formula is C18H19N3O2. The number of carbonyl (C=O) groups excluding carboxylic acids is 1. The smallest absolute Gasteiger partial charge is 0.150 e. The van der Waals surface area contributed by atoms with Gasteiger partial charge in [-0.3, -0.25) is 4.79 Å². The number of nitrogens with one attached hydrogen (secondary N) is 2. The molecular weight excluding hydrogens is 290 g/mol. The van der Waals surface area contributed by atoms with Crippen molar-refractivity contribution in [3.63, 3.8) is 0 Å². The van der Waals surface area contributed by atoms with Crippen molar-refractivity contribution >= 4 is 23.0 Å². The molecule has 0 fully saturated rings. The highest BCUT2D eigenvalue weighted by Gasteiger charge is 2.16. The summed E-state index contributed by atoms with van der Waals surface area (Å²) in [5.74, 6) is 0.651. The molecule has 0 radical (unpaired) electrons. The fourth-order valence-corrected chi connectivity index (χ4v) is 2.66. The summed E-state index contributed by atoms with van der Waals surface area (Å²) >= 11 is 0. The Balaban J connectivity index is 2.24. The lowest BCUT2D eigenvalue weighted by molar-refractivity contribution is 0.112. The van der Waals surface area contributed by atoms with E-state index in [1.165, 1.54) is 0 Å². The number of hydrogen-bond acceptors (Lipinski definition) is 4. The van der Waals surface area contributed by atoms with E-state index in [2.05, 4.69) is 29.1 Å². The van der Waals surface area contributed by atoms with Crippen molar-refractivity contribution in [2.24, 2.45) is 0 Å². The molecule has 0 saturated carbocycles. The van der Waals surface area contributed by atoms with E-state index in [0.717, 1.165) is 34.1 Å². The minimum Gasteiger partial charge on any atom is -0.496 e. The number of fused-ring (bicyclic) bond motifs is 1. The molecule has 2 N–H and O–H groups in total. The van der Waals surface area contributed by atoms with E-state index in [1.807, 2.05) is 24.5 Å². The number of aromatic amines is 1. The number of hydrogen-bond donors (Lipinski definition) is 2. The largest absolute Gasteiger partial charge is 0.496 e. The van der Waals surface area contributed by atoms with E-state index in [-0.39, 0.29) is 6.04 Å². The Bertz CT molecular complexity index is 853. The lowest BCUT2D eigenvalue weighted by Gasteiger charge is -2.17. The molecule has 2 aromatic heterocycles. The van der Waals surface area contributed by atoms with Crippen LogP contribution in [0.15, 0.2) is 36.7 Å². The second-order valence-electron chi connectivity index (χ2n) is 5.66. The predicted molar refractivity (Wildman–Crippen MR) is 92.2 cm³/mol. The minimum absolute atomic E-state index is 0.273. The standard InChI is InChI=1S/C18H19N3O2/c1-11(2)21-17-14-6-7-19-18(14)20-9-15(17)13-5-4-12(10-22)8-16(13)23-3/h4-11H,1-3H3,(H2,19,20,21). The lowest BCUT2D eigenvalue weighted by Crippen LogP contribution is -2.11. The van der Waals surface area contributed by atoms with Crippen LogP contribution in [0.1, 0.15) is 24.2 Å². The summed E-state index contributed by atoms with van der Waals surface area (Å²) in [6.07, 6.45) is 4.51. The maximum Gasteiger partial charge on any atom is 0.150 e. The van der Waals surface area contributed by atoms with Crippen LogP contribution < -0.4 is 10.1 Å². The Morgan fingerprint density at radius 1 is 1.26 bits per heavy atom. The van der Waals surface area contributed by atoms with E-state index in [1.54, 1.807) is 19.2 Å². The van der Waals surface area contributed by atoms with Crippen molar-refractivity contribution in [1.29, 1.82) is 0 Å². The molecule has 2 heterocycles. The van der Waals surface area contributed by atoms with Crippen LogP contribution in [0, 0.1) is 0 Å². The van der Waals surface area contributed by atoms with Gasteiger partial charge >= 0.3 is 0 Å². The molecule has 0 atom stereocenters. The summed E-state index contributed by atoms with van der Waals surface area (Å²) in [5, 5.41) is 4.52. The molecule has 0 amide bonds. The number of nitrogens with zero attached hydrogens (tertiary/aromatic N) is 1. The van der Waals surface area contributed by atoms with Crippen molar-refractivity contribution in [2.45, 2.75) is 19.9 Å².